The summed E-state index contributed by atoms with van der Waals surface area (Å²) in [5, 5.41) is 12.4. The number of hydrogen-bond donors (Lipinski definition) is 2. The van der Waals surface area contributed by atoms with Crippen LogP contribution in [0.5, 0.6) is 0 Å². The summed E-state index contributed by atoms with van der Waals surface area (Å²) in [6.45, 7) is 1.12. The van der Waals surface area contributed by atoms with Gasteiger partial charge in [-0.2, -0.15) is 0 Å². The van der Waals surface area contributed by atoms with E-state index in [4.69, 9.17) is 0 Å². The van der Waals surface area contributed by atoms with Crippen LogP contribution in [0.1, 0.15) is 19.3 Å². The molecule has 2 fully saturated rings. The van der Waals surface area contributed by atoms with E-state index in [0.717, 1.165) is 6.54 Å². The summed E-state index contributed by atoms with van der Waals surface area (Å²) >= 11 is 0. The maximum absolute atomic E-state index is 12.3. The average molecular weight is 255 g/mol. The Morgan fingerprint density at radius 1 is 1.56 bits per heavy atom. The van der Waals surface area contributed by atoms with Crippen LogP contribution >= 0.6 is 0 Å². The van der Waals surface area contributed by atoms with Crippen molar-refractivity contribution in [3.8, 4) is 0 Å². The number of nitrogens with one attached hydrogen (secondary N) is 1. The van der Waals surface area contributed by atoms with Gasteiger partial charge in [-0.3, -0.25) is 9.59 Å². The fraction of sp³-hybridized carbons (Fsp3) is 0.833. The van der Waals surface area contributed by atoms with E-state index in [0.29, 0.717) is 25.8 Å². The molecule has 2 heterocycles. The summed E-state index contributed by atoms with van der Waals surface area (Å²) in [5.41, 5.74) is 0. The predicted octanol–water partition coefficient (Wildman–Crippen LogP) is -1.21. The summed E-state index contributed by atoms with van der Waals surface area (Å²) in [6, 6.07) is -0.354. The van der Waals surface area contributed by atoms with E-state index in [1.807, 2.05) is 19.0 Å². The van der Waals surface area contributed by atoms with Gasteiger partial charge in [-0.25, -0.2) is 0 Å². The van der Waals surface area contributed by atoms with Gasteiger partial charge in [0.15, 0.2) is 0 Å². The Bertz CT molecular complexity index is 345. The van der Waals surface area contributed by atoms with E-state index >= 15 is 0 Å². The number of amides is 2. The molecule has 2 aliphatic rings. The molecular formula is C12H21N3O3. The molecule has 0 radical (unpaired) electrons. The van der Waals surface area contributed by atoms with Crippen molar-refractivity contribution >= 4 is 11.8 Å². The second kappa shape index (κ2) is 5.24. The van der Waals surface area contributed by atoms with Crippen LogP contribution in [0.4, 0.5) is 0 Å². The molecule has 0 bridgehead atoms. The van der Waals surface area contributed by atoms with Crippen LogP contribution in [0, 0.1) is 0 Å². The van der Waals surface area contributed by atoms with Crippen molar-refractivity contribution in [3.05, 3.63) is 0 Å². The number of rotatable bonds is 3. The first-order chi connectivity index (χ1) is 8.47. The Balaban J connectivity index is 2.01. The molecule has 0 spiro atoms. The topological polar surface area (TPSA) is 72.9 Å². The van der Waals surface area contributed by atoms with Crippen LogP contribution in [0.2, 0.25) is 0 Å². The molecule has 0 aromatic carbocycles. The van der Waals surface area contributed by atoms with Crippen molar-refractivity contribution in [3.63, 3.8) is 0 Å². The summed E-state index contributed by atoms with van der Waals surface area (Å²) in [6.07, 6.45) is 1.16. The molecule has 18 heavy (non-hydrogen) atoms. The molecule has 3 atom stereocenters. The highest BCUT2D eigenvalue weighted by Crippen LogP contribution is 2.21. The molecule has 2 rings (SSSR count). The standard InChI is InChI=1S/C12H21N3O3/c1-14(2)6-8-5-9(16)7-15(8)12(18)10-3-4-11(17)13-10/h8-10,16H,3-7H2,1-2H3,(H,13,17)/t8?,9?,10-/m0/s1. The van der Waals surface area contributed by atoms with Gasteiger partial charge in [-0.05, 0) is 26.9 Å². The molecular weight excluding hydrogens is 234 g/mol. The van der Waals surface area contributed by atoms with E-state index in [1.165, 1.54) is 0 Å². The van der Waals surface area contributed by atoms with Crippen molar-refractivity contribution in [2.24, 2.45) is 0 Å². The van der Waals surface area contributed by atoms with Crippen molar-refractivity contribution in [2.45, 2.75) is 37.5 Å². The molecule has 0 saturated carbocycles. The number of carbonyl (C=O) groups is 2. The maximum atomic E-state index is 12.3. The second-order valence-corrected chi connectivity index (χ2v) is 5.45. The van der Waals surface area contributed by atoms with Gasteiger partial charge in [0.1, 0.15) is 6.04 Å². The number of hydrogen-bond acceptors (Lipinski definition) is 4. The zero-order chi connectivity index (χ0) is 13.3. The maximum Gasteiger partial charge on any atom is 0.245 e. The first-order valence-electron chi connectivity index (χ1n) is 6.40. The van der Waals surface area contributed by atoms with Crippen molar-refractivity contribution in [2.75, 3.05) is 27.2 Å². The van der Waals surface area contributed by atoms with Gasteiger partial charge in [0.25, 0.3) is 0 Å². The Hall–Kier alpha value is -1.14. The van der Waals surface area contributed by atoms with Crippen LogP contribution in [0.25, 0.3) is 0 Å². The molecule has 102 valence electrons. The third kappa shape index (κ3) is 2.81. The zero-order valence-corrected chi connectivity index (χ0v) is 10.9. The van der Waals surface area contributed by atoms with Crippen LogP contribution in [0.15, 0.2) is 0 Å². The average Bonchev–Trinajstić information content (AvgIpc) is 2.83. The third-order valence-corrected chi connectivity index (χ3v) is 3.54. The molecule has 6 nitrogen and oxygen atoms in total. The van der Waals surface area contributed by atoms with Gasteiger partial charge in [-0.1, -0.05) is 0 Å². The minimum atomic E-state index is -0.448. The van der Waals surface area contributed by atoms with Gasteiger partial charge >= 0.3 is 0 Å². The van der Waals surface area contributed by atoms with E-state index in [1.54, 1.807) is 4.90 Å². The van der Waals surface area contributed by atoms with Gasteiger partial charge < -0.3 is 20.2 Å². The molecule has 2 saturated heterocycles. The Morgan fingerprint density at radius 2 is 2.28 bits per heavy atom. The second-order valence-electron chi connectivity index (χ2n) is 5.45. The van der Waals surface area contributed by atoms with E-state index in [9.17, 15) is 14.7 Å². The molecule has 2 N–H and O–H groups in total. The van der Waals surface area contributed by atoms with Crippen molar-refractivity contribution in [1.29, 1.82) is 0 Å². The highest BCUT2D eigenvalue weighted by Gasteiger charge is 2.39. The van der Waals surface area contributed by atoms with Crippen molar-refractivity contribution < 1.29 is 14.7 Å². The van der Waals surface area contributed by atoms with Gasteiger partial charge in [0, 0.05) is 25.6 Å². The van der Waals surface area contributed by atoms with Gasteiger partial charge in [-0.15, -0.1) is 0 Å². The molecule has 0 aliphatic carbocycles. The first kappa shape index (κ1) is 13.3. The van der Waals surface area contributed by atoms with Gasteiger partial charge in [0.05, 0.1) is 6.10 Å². The lowest BCUT2D eigenvalue weighted by Crippen LogP contribution is -2.49. The van der Waals surface area contributed by atoms with E-state index in [-0.39, 0.29) is 17.9 Å². The minimum absolute atomic E-state index is 0.0417. The number of likely N-dealkylation sites (N-methyl/N-ethyl adjacent to an activating group) is 1. The first-order valence-corrected chi connectivity index (χ1v) is 6.40. The molecule has 2 unspecified atom stereocenters. The summed E-state index contributed by atoms with van der Waals surface area (Å²) in [5.74, 6) is -0.110. The highest BCUT2D eigenvalue weighted by molar-refractivity contribution is 5.91. The third-order valence-electron chi connectivity index (χ3n) is 3.54. The van der Waals surface area contributed by atoms with Gasteiger partial charge in [0.2, 0.25) is 11.8 Å². The number of β-amino-alcohol motifs (C(OH)–C–C–N with tert-alkyl or cyclic N) is 1. The lowest BCUT2D eigenvalue weighted by molar-refractivity contribution is -0.135. The van der Waals surface area contributed by atoms with Crippen LogP contribution in [-0.2, 0) is 9.59 Å². The number of likely N-dealkylation sites (tertiary alicyclic amines) is 1. The predicted molar refractivity (Wildman–Crippen MR) is 65.8 cm³/mol. The van der Waals surface area contributed by atoms with Crippen LogP contribution in [0.3, 0.4) is 0 Å². The fourth-order valence-electron chi connectivity index (χ4n) is 2.76. The summed E-state index contributed by atoms with van der Waals surface area (Å²) in [7, 11) is 3.90. The van der Waals surface area contributed by atoms with E-state index < -0.39 is 12.1 Å². The minimum Gasteiger partial charge on any atom is -0.391 e. The molecule has 2 aliphatic heterocycles. The number of nitrogens with zero attached hydrogens (tertiary/aromatic N) is 2. The lowest BCUT2D eigenvalue weighted by atomic mass is 10.1. The summed E-state index contributed by atoms with van der Waals surface area (Å²) in [4.78, 5) is 27.2. The molecule has 6 heteroatoms. The largest absolute Gasteiger partial charge is 0.391 e. The Labute approximate surface area is 107 Å². The summed E-state index contributed by atoms with van der Waals surface area (Å²) < 4.78 is 0. The fourth-order valence-corrected chi connectivity index (χ4v) is 2.76. The quantitative estimate of drug-likeness (QED) is 0.663. The smallest absolute Gasteiger partial charge is 0.245 e. The van der Waals surface area contributed by atoms with Crippen LogP contribution in [-0.4, -0.2) is 72.1 Å². The zero-order valence-electron chi connectivity index (χ0n) is 10.9. The monoisotopic (exact) mass is 255 g/mol. The molecule has 2 amide bonds. The van der Waals surface area contributed by atoms with Crippen LogP contribution < -0.4 is 5.32 Å². The van der Waals surface area contributed by atoms with E-state index in [2.05, 4.69) is 5.32 Å². The number of aliphatic hydroxyl groups is 1. The number of carbonyl (C=O) groups excluding carboxylic acids is 2. The molecule has 0 aromatic heterocycles. The lowest BCUT2D eigenvalue weighted by Gasteiger charge is -2.28. The Kier molecular flexibility index (Phi) is 3.87. The number of aliphatic hydroxyl groups excluding tert-OH is 1. The highest BCUT2D eigenvalue weighted by atomic mass is 16.3. The Morgan fingerprint density at radius 3 is 2.83 bits per heavy atom. The SMILES string of the molecule is CN(C)CC1CC(O)CN1C(=O)[C@@H]1CCC(=O)N1. The molecule has 0 aromatic rings. The van der Waals surface area contributed by atoms with Crippen molar-refractivity contribution in [1.82, 2.24) is 15.1 Å². The normalized spacial score (nSPS) is 32.1.